The van der Waals surface area contributed by atoms with Gasteiger partial charge in [0, 0.05) is 24.8 Å². The summed E-state index contributed by atoms with van der Waals surface area (Å²) in [6.45, 7) is 4.34. The number of carbonyl (C=O) groups excluding carboxylic acids is 1. The molecule has 0 aliphatic carbocycles. The molecule has 0 fully saturated rings. The summed E-state index contributed by atoms with van der Waals surface area (Å²) in [5.74, 6) is -0.0160. The van der Waals surface area contributed by atoms with Crippen LogP contribution in [0.1, 0.15) is 39.6 Å². The minimum absolute atomic E-state index is 0.0978. The molecule has 2 aromatic rings. The van der Waals surface area contributed by atoms with E-state index in [2.05, 4.69) is 10.3 Å². The lowest BCUT2D eigenvalue weighted by atomic mass is 9.96. The topological polar surface area (TPSA) is 62.2 Å². The van der Waals surface area contributed by atoms with Crippen LogP contribution in [0.3, 0.4) is 0 Å². The predicted molar refractivity (Wildman–Crippen MR) is 86.9 cm³/mol. The first-order valence-corrected chi connectivity index (χ1v) is 7.50. The van der Waals surface area contributed by atoms with E-state index in [0.717, 1.165) is 17.0 Å². The molecule has 0 saturated heterocycles. The third-order valence-corrected chi connectivity index (χ3v) is 3.73. The maximum absolute atomic E-state index is 12.3. The predicted octanol–water partition coefficient (Wildman–Crippen LogP) is 2.59. The molecule has 22 heavy (non-hydrogen) atoms. The lowest BCUT2D eigenvalue weighted by molar-refractivity contribution is 0.0948. The Morgan fingerprint density at radius 3 is 2.55 bits per heavy atom. The van der Waals surface area contributed by atoms with E-state index in [0.29, 0.717) is 18.5 Å². The molecule has 0 bridgehead atoms. The lowest BCUT2D eigenvalue weighted by Gasteiger charge is -2.17. The molecule has 116 valence electrons. The van der Waals surface area contributed by atoms with E-state index in [1.807, 2.05) is 50.2 Å². The SMILES string of the molecule is Cc1ccc(C(=O)NCC(CCO)c2ccccc2)c(C)n1. The monoisotopic (exact) mass is 298 g/mol. The molecule has 0 saturated carbocycles. The Morgan fingerprint density at radius 1 is 1.18 bits per heavy atom. The number of nitrogens with one attached hydrogen (secondary N) is 1. The van der Waals surface area contributed by atoms with Crippen LogP contribution in [-0.4, -0.2) is 29.1 Å². The van der Waals surface area contributed by atoms with Crippen LogP contribution >= 0.6 is 0 Å². The fourth-order valence-corrected chi connectivity index (χ4v) is 2.51. The number of carbonyl (C=O) groups is 1. The van der Waals surface area contributed by atoms with Gasteiger partial charge in [-0.1, -0.05) is 30.3 Å². The lowest BCUT2D eigenvalue weighted by Crippen LogP contribution is -2.29. The molecule has 0 spiro atoms. The number of hydrogen-bond acceptors (Lipinski definition) is 3. The zero-order chi connectivity index (χ0) is 15.9. The number of benzene rings is 1. The van der Waals surface area contributed by atoms with Crippen molar-refractivity contribution in [2.45, 2.75) is 26.2 Å². The molecule has 2 N–H and O–H groups in total. The molecule has 1 amide bonds. The van der Waals surface area contributed by atoms with Gasteiger partial charge in [-0.05, 0) is 38.0 Å². The molecule has 4 heteroatoms. The maximum Gasteiger partial charge on any atom is 0.253 e. The molecule has 1 atom stereocenters. The van der Waals surface area contributed by atoms with Crippen LogP contribution in [0.25, 0.3) is 0 Å². The molecular formula is C18H22N2O2. The van der Waals surface area contributed by atoms with E-state index in [9.17, 15) is 9.90 Å². The minimum Gasteiger partial charge on any atom is -0.396 e. The van der Waals surface area contributed by atoms with E-state index in [4.69, 9.17) is 0 Å². The van der Waals surface area contributed by atoms with Crippen molar-refractivity contribution in [2.24, 2.45) is 0 Å². The number of aryl methyl sites for hydroxylation is 2. The summed E-state index contributed by atoms with van der Waals surface area (Å²) in [5.41, 5.74) is 3.35. The molecular weight excluding hydrogens is 276 g/mol. The normalized spacial score (nSPS) is 12.0. The zero-order valence-electron chi connectivity index (χ0n) is 13.0. The second-order valence-electron chi connectivity index (χ2n) is 5.42. The van der Waals surface area contributed by atoms with Gasteiger partial charge >= 0.3 is 0 Å². The number of amides is 1. The number of aliphatic hydroxyl groups excluding tert-OH is 1. The molecule has 1 aromatic heterocycles. The van der Waals surface area contributed by atoms with Crippen molar-refractivity contribution in [2.75, 3.05) is 13.2 Å². The minimum atomic E-state index is -0.121. The van der Waals surface area contributed by atoms with Gasteiger partial charge in [-0.15, -0.1) is 0 Å². The quantitative estimate of drug-likeness (QED) is 0.861. The van der Waals surface area contributed by atoms with Gasteiger partial charge in [0.05, 0.1) is 11.3 Å². The van der Waals surface area contributed by atoms with Gasteiger partial charge in [0.1, 0.15) is 0 Å². The smallest absolute Gasteiger partial charge is 0.253 e. The van der Waals surface area contributed by atoms with Gasteiger partial charge in [0.25, 0.3) is 5.91 Å². The van der Waals surface area contributed by atoms with Gasteiger partial charge in [-0.3, -0.25) is 9.78 Å². The first-order valence-electron chi connectivity index (χ1n) is 7.50. The Kier molecular flexibility index (Phi) is 5.67. The second kappa shape index (κ2) is 7.71. The van der Waals surface area contributed by atoms with Gasteiger partial charge in [-0.25, -0.2) is 0 Å². The van der Waals surface area contributed by atoms with Gasteiger partial charge < -0.3 is 10.4 Å². The Labute approximate surface area is 131 Å². The summed E-state index contributed by atoms with van der Waals surface area (Å²) < 4.78 is 0. The molecule has 4 nitrogen and oxygen atoms in total. The van der Waals surface area contributed by atoms with Gasteiger partial charge in [0.15, 0.2) is 0 Å². The molecule has 0 aliphatic heterocycles. The largest absolute Gasteiger partial charge is 0.396 e. The van der Waals surface area contributed by atoms with Crippen molar-refractivity contribution in [1.29, 1.82) is 0 Å². The number of aromatic nitrogens is 1. The first-order chi connectivity index (χ1) is 10.6. The number of aliphatic hydroxyl groups is 1. The van der Waals surface area contributed by atoms with E-state index in [1.165, 1.54) is 0 Å². The summed E-state index contributed by atoms with van der Waals surface area (Å²) in [7, 11) is 0. The van der Waals surface area contributed by atoms with E-state index in [1.54, 1.807) is 6.07 Å². The molecule has 0 radical (unpaired) electrons. The molecule has 1 aromatic carbocycles. The third kappa shape index (κ3) is 4.15. The summed E-state index contributed by atoms with van der Waals surface area (Å²) in [6, 6.07) is 13.6. The fourth-order valence-electron chi connectivity index (χ4n) is 2.51. The number of rotatable bonds is 6. The van der Waals surface area contributed by atoms with Crippen LogP contribution in [0, 0.1) is 13.8 Å². The molecule has 1 unspecified atom stereocenters. The van der Waals surface area contributed by atoms with Crippen LogP contribution < -0.4 is 5.32 Å². The average Bonchev–Trinajstić information content (AvgIpc) is 2.52. The van der Waals surface area contributed by atoms with Crippen LogP contribution in [0.5, 0.6) is 0 Å². The van der Waals surface area contributed by atoms with Gasteiger partial charge in [0.2, 0.25) is 0 Å². The van der Waals surface area contributed by atoms with E-state index >= 15 is 0 Å². The molecule has 1 heterocycles. The number of hydrogen-bond donors (Lipinski definition) is 2. The van der Waals surface area contributed by atoms with Gasteiger partial charge in [-0.2, -0.15) is 0 Å². The fraction of sp³-hybridized carbons (Fsp3) is 0.333. The third-order valence-electron chi connectivity index (χ3n) is 3.73. The standard InChI is InChI=1S/C18H22N2O2/c1-13-8-9-17(14(2)20-13)18(22)19-12-16(10-11-21)15-6-4-3-5-7-15/h3-9,16,21H,10-12H2,1-2H3,(H,19,22). The van der Waals surface area contributed by atoms with Crippen LogP contribution in [0.15, 0.2) is 42.5 Å². The summed E-state index contributed by atoms with van der Waals surface area (Å²) in [5, 5.41) is 12.2. The van der Waals surface area contributed by atoms with Crippen molar-refractivity contribution in [1.82, 2.24) is 10.3 Å². The van der Waals surface area contributed by atoms with Crippen LogP contribution in [0.4, 0.5) is 0 Å². The highest BCUT2D eigenvalue weighted by molar-refractivity contribution is 5.95. The summed E-state index contributed by atoms with van der Waals surface area (Å²) in [6.07, 6.45) is 0.620. The second-order valence-corrected chi connectivity index (χ2v) is 5.42. The highest BCUT2D eigenvalue weighted by atomic mass is 16.3. The van der Waals surface area contributed by atoms with Crippen molar-refractivity contribution < 1.29 is 9.90 Å². The number of pyridine rings is 1. The van der Waals surface area contributed by atoms with Crippen molar-refractivity contribution in [3.05, 3.63) is 65.0 Å². The molecule has 0 aliphatic rings. The Bertz CT molecular complexity index is 626. The average molecular weight is 298 g/mol. The Hall–Kier alpha value is -2.20. The first kappa shape index (κ1) is 16.2. The van der Waals surface area contributed by atoms with Crippen LogP contribution in [0.2, 0.25) is 0 Å². The van der Waals surface area contributed by atoms with Crippen molar-refractivity contribution in [3.8, 4) is 0 Å². The van der Waals surface area contributed by atoms with Crippen molar-refractivity contribution in [3.63, 3.8) is 0 Å². The zero-order valence-corrected chi connectivity index (χ0v) is 13.0. The molecule has 2 rings (SSSR count). The Balaban J connectivity index is 2.04. The summed E-state index contributed by atoms with van der Waals surface area (Å²) >= 11 is 0. The van der Waals surface area contributed by atoms with Crippen molar-refractivity contribution >= 4 is 5.91 Å². The van der Waals surface area contributed by atoms with E-state index in [-0.39, 0.29) is 18.4 Å². The number of nitrogens with zero attached hydrogens (tertiary/aromatic N) is 1. The van der Waals surface area contributed by atoms with Crippen LogP contribution in [-0.2, 0) is 0 Å². The Morgan fingerprint density at radius 2 is 1.91 bits per heavy atom. The van der Waals surface area contributed by atoms with E-state index < -0.39 is 0 Å². The summed E-state index contributed by atoms with van der Waals surface area (Å²) in [4.78, 5) is 16.6. The maximum atomic E-state index is 12.3. The highest BCUT2D eigenvalue weighted by Crippen LogP contribution is 2.18. The highest BCUT2D eigenvalue weighted by Gasteiger charge is 2.14.